The van der Waals surface area contributed by atoms with Crippen molar-refractivity contribution in [2.45, 2.75) is 32.1 Å². The van der Waals surface area contributed by atoms with Crippen molar-refractivity contribution in [2.24, 2.45) is 17.6 Å². The molecule has 0 bridgehead atoms. The molecular weight excluding hydrogens is 346 g/mol. The lowest BCUT2D eigenvalue weighted by Crippen LogP contribution is -2.43. The van der Waals surface area contributed by atoms with E-state index in [9.17, 15) is 14.4 Å². The molecule has 0 aromatic heterocycles. The van der Waals surface area contributed by atoms with Crippen LogP contribution in [-0.2, 0) is 14.4 Å². The first-order valence-corrected chi connectivity index (χ1v) is 9.49. The summed E-state index contributed by atoms with van der Waals surface area (Å²) in [4.78, 5) is 39.9. The first-order chi connectivity index (χ1) is 13.0. The van der Waals surface area contributed by atoms with Crippen LogP contribution in [0.2, 0.25) is 0 Å². The van der Waals surface area contributed by atoms with Crippen LogP contribution in [-0.4, -0.2) is 49.4 Å². The quantitative estimate of drug-likeness (QED) is 0.819. The van der Waals surface area contributed by atoms with Crippen LogP contribution < -0.4 is 15.4 Å². The van der Waals surface area contributed by atoms with E-state index in [0.717, 1.165) is 37.2 Å². The maximum atomic E-state index is 12.9. The Labute approximate surface area is 159 Å². The number of likely N-dealkylation sites (tertiary alicyclic amines) is 1. The molecule has 7 nitrogen and oxygen atoms in total. The van der Waals surface area contributed by atoms with Gasteiger partial charge in [-0.25, -0.2) is 0 Å². The van der Waals surface area contributed by atoms with Crippen LogP contribution in [0.5, 0.6) is 5.75 Å². The minimum atomic E-state index is -0.311. The van der Waals surface area contributed by atoms with Crippen LogP contribution in [0.25, 0.3) is 0 Å². The largest absolute Gasteiger partial charge is 0.497 e. The monoisotopic (exact) mass is 373 g/mol. The summed E-state index contributed by atoms with van der Waals surface area (Å²) < 4.78 is 5.15. The lowest BCUT2D eigenvalue weighted by molar-refractivity contribution is -0.137. The van der Waals surface area contributed by atoms with E-state index in [-0.39, 0.29) is 30.1 Å². The fraction of sp³-hybridized carbons (Fsp3) is 0.550. The minimum Gasteiger partial charge on any atom is -0.497 e. The Morgan fingerprint density at radius 3 is 2.63 bits per heavy atom. The number of anilines is 1. The van der Waals surface area contributed by atoms with Gasteiger partial charge in [-0.05, 0) is 49.4 Å². The van der Waals surface area contributed by atoms with Gasteiger partial charge in [0, 0.05) is 38.2 Å². The van der Waals surface area contributed by atoms with E-state index < -0.39 is 0 Å². The molecule has 2 fully saturated rings. The smallest absolute Gasteiger partial charge is 0.228 e. The highest BCUT2D eigenvalue weighted by Crippen LogP contribution is 2.29. The summed E-state index contributed by atoms with van der Waals surface area (Å²) >= 11 is 0. The Hall–Kier alpha value is -2.57. The number of amides is 3. The number of benzene rings is 1. The van der Waals surface area contributed by atoms with Crippen molar-refractivity contribution in [2.75, 3.05) is 31.6 Å². The van der Waals surface area contributed by atoms with E-state index in [4.69, 9.17) is 10.5 Å². The number of methoxy groups -OCH3 is 1. The van der Waals surface area contributed by atoms with Crippen LogP contribution in [0.4, 0.5) is 5.69 Å². The van der Waals surface area contributed by atoms with Crippen molar-refractivity contribution in [1.29, 1.82) is 0 Å². The van der Waals surface area contributed by atoms with Crippen molar-refractivity contribution in [3.63, 3.8) is 0 Å². The molecule has 3 amide bonds. The molecule has 7 heteroatoms. The average molecular weight is 373 g/mol. The molecule has 0 saturated carbocycles. The number of hydrogen-bond donors (Lipinski definition) is 1. The molecular formula is C20H27N3O4. The highest BCUT2D eigenvalue weighted by molar-refractivity contribution is 6.00. The van der Waals surface area contributed by atoms with Gasteiger partial charge in [-0.2, -0.15) is 0 Å². The number of nitrogens with zero attached hydrogens (tertiary/aromatic N) is 2. The van der Waals surface area contributed by atoms with E-state index in [1.54, 1.807) is 12.0 Å². The Balaban J connectivity index is 1.60. The van der Waals surface area contributed by atoms with E-state index in [0.29, 0.717) is 25.4 Å². The number of piperidine rings is 1. The zero-order valence-corrected chi connectivity index (χ0v) is 15.7. The van der Waals surface area contributed by atoms with Gasteiger partial charge in [0.2, 0.25) is 17.7 Å². The fourth-order valence-corrected chi connectivity index (χ4v) is 3.99. The summed E-state index contributed by atoms with van der Waals surface area (Å²) in [6.45, 7) is 1.78. The normalized spacial score (nSPS) is 22.8. The molecule has 2 heterocycles. The molecule has 0 aliphatic carbocycles. The maximum Gasteiger partial charge on any atom is 0.228 e. The van der Waals surface area contributed by atoms with Crippen molar-refractivity contribution in [1.82, 2.24) is 4.90 Å². The van der Waals surface area contributed by atoms with Crippen molar-refractivity contribution < 1.29 is 19.1 Å². The number of carbonyl (C=O) groups excluding carboxylic acids is 3. The third-order valence-corrected chi connectivity index (χ3v) is 5.49. The SMILES string of the molecule is COc1ccc(N2CC(C(=O)N3CCCC(CCC(N)=O)C3)CC2=O)cc1. The number of hydrogen-bond acceptors (Lipinski definition) is 4. The lowest BCUT2D eigenvalue weighted by atomic mass is 9.92. The van der Waals surface area contributed by atoms with Gasteiger partial charge >= 0.3 is 0 Å². The number of carbonyl (C=O) groups is 3. The van der Waals surface area contributed by atoms with Gasteiger partial charge in [-0.3, -0.25) is 14.4 Å². The van der Waals surface area contributed by atoms with E-state index in [1.165, 1.54) is 0 Å². The third kappa shape index (κ3) is 4.59. The molecule has 3 rings (SSSR count). The van der Waals surface area contributed by atoms with Crippen LogP contribution >= 0.6 is 0 Å². The molecule has 146 valence electrons. The highest BCUT2D eigenvalue weighted by atomic mass is 16.5. The minimum absolute atomic E-state index is 0.0270. The molecule has 1 aromatic carbocycles. The summed E-state index contributed by atoms with van der Waals surface area (Å²) in [5.74, 6) is 0.451. The molecule has 27 heavy (non-hydrogen) atoms. The fourth-order valence-electron chi connectivity index (χ4n) is 3.99. The number of rotatable bonds is 6. The molecule has 1 aromatic rings. The van der Waals surface area contributed by atoms with Gasteiger partial charge in [0.25, 0.3) is 0 Å². The summed E-state index contributed by atoms with van der Waals surface area (Å²) in [6.07, 6.45) is 3.27. The predicted molar refractivity (Wildman–Crippen MR) is 101 cm³/mol. The number of primary amides is 1. The zero-order valence-electron chi connectivity index (χ0n) is 15.7. The van der Waals surface area contributed by atoms with Gasteiger partial charge < -0.3 is 20.3 Å². The molecule has 2 saturated heterocycles. The highest BCUT2D eigenvalue weighted by Gasteiger charge is 2.38. The lowest BCUT2D eigenvalue weighted by Gasteiger charge is -2.34. The topological polar surface area (TPSA) is 92.9 Å². The van der Waals surface area contributed by atoms with Crippen molar-refractivity contribution >= 4 is 23.4 Å². The summed E-state index contributed by atoms with van der Waals surface area (Å²) in [5, 5.41) is 0. The summed E-state index contributed by atoms with van der Waals surface area (Å²) in [7, 11) is 1.60. The Kier molecular flexibility index (Phi) is 5.98. The Morgan fingerprint density at radius 2 is 1.96 bits per heavy atom. The maximum absolute atomic E-state index is 12.9. The molecule has 2 aliphatic rings. The van der Waals surface area contributed by atoms with E-state index in [1.807, 2.05) is 29.2 Å². The summed E-state index contributed by atoms with van der Waals surface area (Å²) in [5.41, 5.74) is 6.02. The summed E-state index contributed by atoms with van der Waals surface area (Å²) in [6, 6.07) is 7.30. The van der Waals surface area contributed by atoms with Gasteiger partial charge in [-0.15, -0.1) is 0 Å². The molecule has 2 atom stereocenters. The van der Waals surface area contributed by atoms with Gasteiger partial charge in [0.1, 0.15) is 5.75 Å². The van der Waals surface area contributed by atoms with Crippen LogP contribution in [0.3, 0.4) is 0 Å². The van der Waals surface area contributed by atoms with Crippen molar-refractivity contribution in [3.05, 3.63) is 24.3 Å². The van der Waals surface area contributed by atoms with Crippen molar-refractivity contribution in [3.8, 4) is 5.75 Å². The van der Waals surface area contributed by atoms with E-state index in [2.05, 4.69) is 0 Å². The first kappa shape index (κ1) is 19.2. The standard InChI is InChI=1S/C20H27N3O4/c1-27-17-7-5-16(6-8-17)23-13-15(11-19(23)25)20(26)22-10-2-3-14(12-22)4-9-18(21)24/h5-8,14-15H,2-4,9-13H2,1H3,(H2,21,24). The zero-order chi connectivity index (χ0) is 19.4. The second-order valence-corrected chi connectivity index (χ2v) is 7.40. The average Bonchev–Trinajstić information content (AvgIpc) is 3.07. The second kappa shape index (κ2) is 8.41. The predicted octanol–water partition coefficient (Wildman–Crippen LogP) is 1.55. The molecule has 2 unspecified atom stereocenters. The van der Waals surface area contributed by atoms with Crippen LogP contribution in [0, 0.1) is 11.8 Å². The Morgan fingerprint density at radius 1 is 1.22 bits per heavy atom. The first-order valence-electron chi connectivity index (χ1n) is 9.49. The number of nitrogens with two attached hydrogens (primary N) is 1. The number of ether oxygens (including phenoxy) is 1. The molecule has 2 N–H and O–H groups in total. The van der Waals surface area contributed by atoms with Gasteiger partial charge in [0.15, 0.2) is 0 Å². The van der Waals surface area contributed by atoms with Crippen LogP contribution in [0.15, 0.2) is 24.3 Å². The van der Waals surface area contributed by atoms with Crippen LogP contribution in [0.1, 0.15) is 32.1 Å². The van der Waals surface area contributed by atoms with Gasteiger partial charge in [-0.1, -0.05) is 0 Å². The molecule has 0 radical (unpaired) electrons. The molecule has 2 aliphatic heterocycles. The molecule has 0 spiro atoms. The van der Waals surface area contributed by atoms with Gasteiger partial charge in [0.05, 0.1) is 13.0 Å². The third-order valence-electron chi connectivity index (χ3n) is 5.49. The Bertz CT molecular complexity index is 704. The van der Waals surface area contributed by atoms with E-state index >= 15 is 0 Å². The second-order valence-electron chi connectivity index (χ2n) is 7.40.